The highest BCUT2D eigenvalue weighted by Crippen LogP contribution is 2.40. The monoisotopic (exact) mass is 546 g/mol. The van der Waals surface area contributed by atoms with E-state index < -0.39 is 11.1 Å². The Labute approximate surface area is 233 Å². The Kier molecular flexibility index (Phi) is 7.66. The van der Waals surface area contributed by atoms with Gasteiger partial charge in [0.2, 0.25) is 0 Å². The maximum absolute atomic E-state index is 13.4. The molecule has 3 heterocycles. The fraction of sp³-hybridized carbons (Fsp3) is 0.414. The number of nitrogens with zero attached hydrogens (tertiary/aromatic N) is 5. The molecule has 3 amide bonds. The number of amides is 3. The van der Waals surface area contributed by atoms with Gasteiger partial charge in [-0.1, -0.05) is 23.5 Å². The largest absolute Gasteiger partial charge is 0.444 e. The lowest BCUT2D eigenvalue weighted by Gasteiger charge is -2.46. The fourth-order valence-electron chi connectivity index (χ4n) is 4.62. The molecule has 4 rings (SSSR count). The molecule has 0 spiro atoms. The molecule has 3 aromatic rings. The first kappa shape index (κ1) is 28.0. The Balaban J connectivity index is 1.60. The maximum atomic E-state index is 13.4. The molecule has 204 valence electrons. The molecule has 1 fully saturated rings. The smallest absolute Gasteiger partial charge is 0.410 e. The number of pyridine rings is 1. The van der Waals surface area contributed by atoms with Crippen molar-refractivity contribution in [3.8, 4) is 27.8 Å². The Bertz CT molecular complexity index is 1430. The Morgan fingerprint density at radius 2 is 1.77 bits per heavy atom. The first-order valence-electron chi connectivity index (χ1n) is 12.8. The van der Waals surface area contributed by atoms with Crippen LogP contribution >= 0.6 is 11.3 Å². The lowest BCUT2D eigenvalue weighted by molar-refractivity contribution is -0.0160. The van der Waals surface area contributed by atoms with Crippen LogP contribution in [0.15, 0.2) is 36.4 Å². The predicted molar refractivity (Wildman–Crippen MR) is 153 cm³/mol. The van der Waals surface area contributed by atoms with Crippen LogP contribution in [0.1, 0.15) is 51.6 Å². The molecule has 2 aromatic heterocycles. The number of carbonyl (C=O) groups excluding carboxylic acids is 2. The minimum Gasteiger partial charge on any atom is -0.444 e. The van der Waals surface area contributed by atoms with Crippen molar-refractivity contribution in [3.63, 3.8) is 0 Å². The van der Waals surface area contributed by atoms with Crippen molar-refractivity contribution in [1.82, 2.24) is 19.8 Å². The molecule has 0 atom stereocenters. The first-order valence-corrected chi connectivity index (χ1v) is 13.6. The van der Waals surface area contributed by atoms with Gasteiger partial charge in [0.25, 0.3) is 0 Å². The molecular weight excluding hydrogens is 512 g/mol. The van der Waals surface area contributed by atoms with Crippen molar-refractivity contribution < 1.29 is 14.3 Å². The molecule has 1 N–H and O–H groups in total. The summed E-state index contributed by atoms with van der Waals surface area (Å²) >= 11 is 1.38. The van der Waals surface area contributed by atoms with Gasteiger partial charge in [0.15, 0.2) is 5.13 Å². The van der Waals surface area contributed by atoms with Crippen molar-refractivity contribution in [1.29, 1.82) is 5.26 Å². The number of carbonyl (C=O) groups is 2. The normalized spacial score (nSPS) is 15.0. The van der Waals surface area contributed by atoms with Crippen molar-refractivity contribution in [2.24, 2.45) is 0 Å². The quantitative estimate of drug-likeness (QED) is 0.417. The summed E-state index contributed by atoms with van der Waals surface area (Å²) in [6.07, 6.45) is -0.385. The van der Waals surface area contributed by atoms with Crippen molar-refractivity contribution in [3.05, 3.63) is 53.3 Å². The van der Waals surface area contributed by atoms with E-state index >= 15 is 0 Å². The number of thiazole rings is 1. The number of urea groups is 1. The highest BCUT2D eigenvalue weighted by Gasteiger charge is 2.40. The third-order valence-corrected chi connectivity index (χ3v) is 7.27. The van der Waals surface area contributed by atoms with E-state index in [1.54, 1.807) is 21.9 Å². The van der Waals surface area contributed by atoms with Gasteiger partial charge in [-0.05, 0) is 78.3 Å². The molecule has 39 heavy (non-hydrogen) atoms. The molecule has 1 aliphatic rings. The third kappa shape index (κ3) is 6.55. The molecule has 1 saturated heterocycles. The van der Waals surface area contributed by atoms with E-state index in [0.717, 1.165) is 27.4 Å². The Morgan fingerprint density at radius 3 is 2.38 bits per heavy atom. The zero-order valence-corrected chi connectivity index (χ0v) is 24.3. The van der Waals surface area contributed by atoms with Crippen LogP contribution in [-0.2, 0) is 4.74 Å². The molecule has 0 saturated carbocycles. The second-order valence-electron chi connectivity index (χ2n) is 11.3. The number of rotatable bonds is 3. The number of piperazine rings is 1. The first-order chi connectivity index (χ1) is 18.3. The third-order valence-electron chi connectivity index (χ3n) is 6.25. The predicted octanol–water partition coefficient (Wildman–Crippen LogP) is 6.22. The Morgan fingerprint density at radius 1 is 1.08 bits per heavy atom. The van der Waals surface area contributed by atoms with Gasteiger partial charge in [-0.25, -0.2) is 14.6 Å². The molecule has 9 nitrogen and oxygen atoms in total. The Hall–Kier alpha value is -3.97. The van der Waals surface area contributed by atoms with E-state index in [1.165, 1.54) is 11.3 Å². The summed E-state index contributed by atoms with van der Waals surface area (Å²) in [6.45, 7) is 14.3. The van der Waals surface area contributed by atoms with E-state index in [2.05, 4.69) is 16.4 Å². The summed E-state index contributed by atoms with van der Waals surface area (Å²) in [5.74, 6) is 0. The van der Waals surface area contributed by atoms with E-state index in [1.807, 2.05) is 72.7 Å². The standard InChI is InChI=1S/C29H34N6O3S/c1-18-13-22(14-19(2)31-18)24-23(21-10-8-9-20(15-21)16-30)32-25(39-24)33-26(36)34-11-12-35(29(6,7)17-34)27(37)38-28(3,4)5/h8-10,13-15H,11-12,17H2,1-7H3,(H,32,33,36). The second-order valence-corrected chi connectivity index (χ2v) is 12.3. The van der Waals surface area contributed by atoms with Gasteiger partial charge in [0, 0.05) is 36.6 Å². The number of hydrogen-bond acceptors (Lipinski definition) is 7. The summed E-state index contributed by atoms with van der Waals surface area (Å²) in [5.41, 5.74) is 3.51. The number of nitrogens with one attached hydrogen (secondary N) is 1. The van der Waals surface area contributed by atoms with Crippen LogP contribution in [0.25, 0.3) is 21.7 Å². The number of benzene rings is 1. The molecule has 0 aliphatic carbocycles. The topological polar surface area (TPSA) is 111 Å². The van der Waals surface area contributed by atoms with Gasteiger partial charge in [-0.3, -0.25) is 15.2 Å². The SMILES string of the molecule is Cc1cc(-c2sc(NC(=O)N3CCN(C(=O)OC(C)(C)C)C(C)(C)C3)nc2-c2cccc(C#N)c2)cc(C)n1. The average molecular weight is 547 g/mol. The lowest BCUT2D eigenvalue weighted by atomic mass is 9.99. The summed E-state index contributed by atoms with van der Waals surface area (Å²) in [4.78, 5) is 39.6. The fourth-order valence-corrected chi connectivity index (χ4v) is 5.59. The second kappa shape index (κ2) is 10.7. The van der Waals surface area contributed by atoms with Crippen molar-refractivity contribution in [2.45, 2.75) is 59.6 Å². The lowest BCUT2D eigenvalue weighted by Crippen LogP contribution is -2.63. The van der Waals surface area contributed by atoms with Crippen LogP contribution < -0.4 is 5.32 Å². The zero-order valence-electron chi connectivity index (χ0n) is 23.5. The molecule has 1 aromatic carbocycles. The number of anilines is 1. The van der Waals surface area contributed by atoms with E-state index in [9.17, 15) is 14.9 Å². The van der Waals surface area contributed by atoms with E-state index in [0.29, 0.717) is 36.0 Å². The molecule has 1 aliphatic heterocycles. The molecule has 10 heteroatoms. The summed E-state index contributed by atoms with van der Waals surface area (Å²) < 4.78 is 5.57. The van der Waals surface area contributed by atoms with Gasteiger partial charge < -0.3 is 9.64 Å². The van der Waals surface area contributed by atoms with Crippen LogP contribution in [0.5, 0.6) is 0 Å². The number of ether oxygens (including phenoxy) is 1. The number of aryl methyl sites for hydroxylation is 2. The average Bonchev–Trinajstić information content (AvgIpc) is 3.25. The molecule has 0 bridgehead atoms. The van der Waals surface area contributed by atoms with Crippen molar-refractivity contribution >= 4 is 28.6 Å². The van der Waals surface area contributed by atoms with Gasteiger partial charge >= 0.3 is 12.1 Å². The zero-order chi connectivity index (χ0) is 28.5. The van der Waals surface area contributed by atoms with Crippen LogP contribution in [0.4, 0.5) is 14.7 Å². The van der Waals surface area contributed by atoms with Crippen LogP contribution in [0.2, 0.25) is 0 Å². The van der Waals surface area contributed by atoms with Crippen LogP contribution in [0, 0.1) is 25.2 Å². The van der Waals surface area contributed by atoms with E-state index in [-0.39, 0.29) is 12.1 Å². The van der Waals surface area contributed by atoms with Gasteiger partial charge in [0.1, 0.15) is 5.60 Å². The molecule has 0 unspecified atom stereocenters. The van der Waals surface area contributed by atoms with Crippen LogP contribution in [-0.4, -0.2) is 62.7 Å². The highest BCUT2D eigenvalue weighted by atomic mass is 32.1. The van der Waals surface area contributed by atoms with E-state index in [4.69, 9.17) is 9.72 Å². The molecule has 0 radical (unpaired) electrons. The van der Waals surface area contributed by atoms with Gasteiger partial charge in [-0.15, -0.1) is 0 Å². The molecular formula is C29H34N6O3S. The minimum absolute atomic E-state index is 0.286. The minimum atomic E-state index is -0.610. The maximum Gasteiger partial charge on any atom is 0.410 e. The number of hydrogen-bond donors (Lipinski definition) is 1. The number of aromatic nitrogens is 2. The number of nitriles is 1. The van der Waals surface area contributed by atoms with Gasteiger partial charge in [0.05, 0.1) is 27.7 Å². The van der Waals surface area contributed by atoms with Crippen LogP contribution in [0.3, 0.4) is 0 Å². The summed E-state index contributed by atoms with van der Waals surface area (Å²) in [6, 6.07) is 13.1. The summed E-state index contributed by atoms with van der Waals surface area (Å²) in [7, 11) is 0. The highest BCUT2D eigenvalue weighted by molar-refractivity contribution is 7.19. The summed E-state index contributed by atoms with van der Waals surface area (Å²) in [5, 5.41) is 12.8. The van der Waals surface area contributed by atoms with Crippen molar-refractivity contribution in [2.75, 3.05) is 25.0 Å². The van der Waals surface area contributed by atoms with Gasteiger partial charge in [-0.2, -0.15) is 5.26 Å².